The number of halogens is 1. The van der Waals surface area contributed by atoms with Crippen molar-refractivity contribution in [2.75, 3.05) is 0 Å². The molecule has 2 aromatic heterocycles. The van der Waals surface area contributed by atoms with Crippen LogP contribution in [0.5, 0.6) is 0 Å². The molecule has 0 spiro atoms. The summed E-state index contributed by atoms with van der Waals surface area (Å²) in [6, 6.07) is 10.1. The third-order valence-corrected chi connectivity index (χ3v) is 3.78. The lowest BCUT2D eigenvalue weighted by molar-refractivity contribution is 0.0942. The number of fused-ring (bicyclic) bond motifs is 1. The van der Waals surface area contributed by atoms with E-state index in [1.165, 1.54) is 12.4 Å². The van der Waals surface area contributed by atoms with Crippen molar-refractivity contribution in [2.24, 2.45) is 0 Å². The zero-order valence-corrected chi connectivity index (χ0v) is 14.0. The van der Waals surface area contributed by atoms with Crippen LogP contribution in [0.3, 0.4) is 0 Å². The Hall–Kier alpha value is -2.93. The van der Waals surface area contributed by atoms with Crippen molar-refractivity contribution >= 4 is 38.5 Å². The summed E-state index contributed by atoms with van der Waals surface area (Å²) >= 11 is 3.37. The predicted octanol–water partition coefficient (Wildman–Crippen LogP) is 2.86. The van der Waals surface area contributed by atoms with Crippen LogP contribution in [0.1, 0.15) is 15.9 Å². The Labute approximate surface area is 145 Å². The number of hydrazine groups is 1. The van der Waals surface area contributed by atoms with Crippen LogP contribution in [0.2, 0.25) is 0 Å². The first kappa shape index (κ1) is 15.9. The molecule has 2 N–H and O–H groups in total. The van der Waals surface area contributed by atoms with Crippen LogP contribution in [0.25, 0.3) is 16.7 Å². The fourth-order valence-electron chi connectivity index (χ4n) is 2.08. The van der Waals surface area contributed by atoms with E-state index in [1.807, 2.05) is 6.07 Å². The summed E-state index contributed by atoms with van der Waals surface area (Å²) < 4.78 is 6.12. The second-order valence-electron chi connectivity index (χ2n) is 4.92. The van der Waals surface area contributed by atoms with Gasteiger partial charge in [-0.2, -0.15) is 0 Å². The van der Waals surface area contributed by atoms with Gasteiger partial charge in [0.05, 0.1) is 11.3 Å². The largest absolute Gasteiger partial charge is 0.422 e. The molecule has 1 aromatic carbocycles. The smallest absolute Gasteiger partial charge is 0.345 e. The van der Waals surface area contributed by atoms with Gasteiger partial charge < -0.3 is 4.42 Å². The van der Waals surface area contributed by atoms with Gasteiger partial charge in [-0.3, -0.25) is 20.6 Å². The first-order chi connectivity index (χ1) is 11.5. The summed E-state index contributed by atoms with van der Waals surface area (Å²) in [5.74, 6) is -0.369. The summed E-state index contributed by atoms with van der Waals surface area (Å²) in [5, 5.41) is 0.738. The molecule has 120 valence electrons. The van der Waals surface area contributed by atoms with Gasteiger partial charge in [-0.25, -0.2) is 4.79 Å². The number of benzene rings is 1. The van der Waals surface area contributed by atoms with Gasteiger partial charge in [-0.15, -0.1) is 0 Å². The van der Waals surface area contributed by atoms with E-state index in [0.717, 1.165) is 9.86 Å². The number of hydrogen-bond donors (Lipinski definition) is 2. The third kappa shape index (κ3) is 3.36. The molecule has 2 heterocycles. The summed E-state index contributed by atoms with van der Waals surface area (Å²) in [6.07, 6.45) is 3.03. The Morgan fingerprint density at radius 1 is 1.12 bits per heavy atom. The molecular weight excluding hydrogens is 374 g/mol. The lowest BCUT2D eigenvalue weighted by atomic mass is 10.1. The lowest BCUT2D eigenvalue weighted by Crippen LogP contribution is -2.36. The number of carbonyl (C=O) groups is 1. The zero-order valence-electron chi connectivity index (χ0n) is 12.4. The summed E-state index contributed by atoms with van der Waals surface area (Å²) in [4.78, 5) is 27.9. The van der Waals surface area contributed by atoms with Crippen LogP contribution in [-0.2, 0) is 0 Å². The Morgan fingerprint density at radius 3 is 2.62 bits per heavy atom. The van der Waals surface area contributed by atoms with Crippen molar-refractivity contribution < 1.29 is 9.21 Å². The van der Waals surface area contributed by atoms with Gasteiger partial charge in [0.2, 0.25) is 0 Å². The molecule has 0 unspecified atom stereocenters. The van der Waals surface area contributed by atoms with Crippen molar-refractivity contribution in [3.63, 3.8) is 0 Å². The highest BCUT2D eigenvalue weighted by Crippen LogP contribution is 2.20. The van der Waals surface area contributed by atoms with E-state index in [2.05, 4.69) is 38.3 Å². The van der Waals surface area contributed by atoms with Gasteiger partial charge in [-0.05, 0) is 36.4 Å². The molecule has 7 heteroatoms. The molecule has 0 atom stereocenters. The molecule has 0 aliphatic rings. The molecule has 0 aliphatic heterocycles. The highest BCUT2D eigenvalue weighted by atomic mass is 79.9. The Morgan fingerprint density at radius 2 is 1.88 bits per heavy atom. The number of amides is 1. The molecule has 0 radical (unpaired) electrons. The SMILES string of the molecule is C=C(NNC(=O)c1ccncc1)c1cc2cc(Br)ccc2oc1=O. The lowest BCUT2D eigenvalue weighted by Gasteiger charge is -2.11. The standard InChI is InChI=1S/C17H12BrN3O3/c1-10(20-21-16(22)11-4-6-19-7-5-11)14-9-12-8-13(18)2-3-15(12)24-17(14)23/h2-9,20H,1H2,(H,21,22). The van der Waals surface area contributed by atoms with E-state index in [-0.39, 0.29) is 17.2 Å². The Bertz CT molecular complexity index is 983. The average molecular weight is 386 g/mol. The van der Waals surface area contributed by atoms with Crippen molar-refractivity contribution in [2.45, 2.75) is 0 Å². The Balaban J connectivity index is 1.80. The number of pyridine rings is 1. The van der Waals surface area contributed by atoms with Gasteiger partial charge in [0.1, 0.15) is 5.58 Å². The van der Waals surface area contributed by atoms with E-state index >= 15 is 0 Å². The van der Waals surface area contributed by atoms with Gasteiger partial charge in [0.25, 0.3) is 5.91 Å². The number of rotatable bonds is 4. The van der Waals surface area contributed by atoms with Crippen molar-refractivity contribution in [3.8, 4) is 0 Å². The van der Waals surface area contributed by atoms with Crippen LogP contribution in [0, 0.1) is 0 Å². The first-order valence-corrected chi connectivity index (χ1v) is 7.73. The van der Waals surface area contributed by atoms with Crippen LogP contribution in [0.15, 0.2) is 69.1 Å². The maximum atomic E-state index is 12.1. The van der Waals surface area contributed by atoms with Gasteiger partial charge in [0, 0.05) is 27.8 Å². The number of aromatic nitrogens is 1. The summed E-state index contributed by atoms with van der Waals surface area (Å²) in [6.45, 7) is 3.77. The van der Waals surface area contributed by atoms with Crippen LogP contribution >= 0.6 is 15.9 Å². The van der Waals surface area contributed by atoms with Crippen LogP contribution in [0.4, 0.5) is 0 Å². The quantitative estimate of drug-likeness (QED) is 0.532. The molecular formula is C17H12BrN3O3. The molecule has 6 nitrogen and oxygen atoms in total. The van der Waals surface area contributed by atoms with Crippen molar-refractivity contribution in [1.82, 2.24) is 15.8 Å². The highest BCUT2D eigenvalue weighted by molar-refractivity contribution is 9.10. The molecule has 0 saturated heterocycles. The normalized spacial score (nSPS) is 10.4. The van der Waals surface area contributed by atoms with Gasteiger partial charge in [-0.1, -0.05) is 22.5 Å². The van der Waals surface area contributed by atoms with E-state index < -0.39 is 5.63 Å². The minimum absolute atomic E-state index is 0.230. The van der Waals surface area contributed by atoms with Gasteiger partial charge in [0.15, 0.2) is 0 Å². The summed E-state index contributed by atoms with van der Waals surface area (Å²) in [7, 11) is 0. The molecule has 1 amide bonds. The maximum absolute atomic E-state index is 12.1. The molecule has 0 aliphatic carbocycles. The first-order valence-electron chi connectivity index (χ1n) is 6.93. The van der Waals surface area contributed by atoms with Gasteiger partial charge >= 0.3 is 5.63 Å². The second kappa shape index (κ2) is 6.67. The van der Waals surface area contributed by atoms with E-state index in [4.69, 9.17) is 4.42 Å². The monoisotopic (exact) mass is 385 g/mol. The number of hydrogen-bond acceptors (Lipinski definition) is 5. The number of nitrogens with zero attached hydrogens (tertiary/aromatic N) is 1. The fraction of sp³-hybridized carbons (Fsp3) is 0. The van der Waals surface area contributed by atoms with E-state index in [1.54, 1.807) is 30.3 Å². The second-order valence-corrected chi connectivity index (χ2v) is 5.84. The van der Waals surface area contributed by atoms with Crippen molar-refractivity contribution in [1.29, 1.82) is 0 Å². The average Bonchev–Trinajstić information content (AvgIpc) is 2.60. The van der Waals surface area contributed by atoms with Crippen molar-refractivity contribution in [3.05, 3.63) is 81.4 Å². The minimum Gasteiger partial charge on any atom is -0.422 e. The molecule has 24 heavy (non-hydrogen) atoms. The predicted molar refractivity (Wildman–Crippen MR) is 94.1 cm³/mol. The maximum Gasteiger partial charge on any atom is 0.345 e. The molecule has 0 bridgehead atoms. The fourth-order valence-corrected chi connectivity index (χ4v) is 2.46. The van der Waals surface area contributed by atoms with E-state index in [0.29, 0.717) is 11.1 Å². The molecule has 3 aromatic rings. The van der Waals surface area contributed by atoms with Crippen LogP contribution in [-0.4, -0.2) is 10.9 Å². The third-order valence-electron chi connectivity index (χ3n) is 3.29. The Kier molecular flexibility index (Phi) is 4.43. The summed E-state index contributed by atoms with van der Waals surface area (Å²) in [5.41, 5.74) is 5.93. The minimum atomic E-state index is -0.541. The molecule has 3 rings (SSSR count). The topological polar surface area (TPSA) is 84.2 Å². The molecule has 0 saturated carbocycles. The van der Waals surface area contributed by atoms with Crippen LogP contribution < -0.4 is 16.5 Å². The van der Waals surface area contributed by atoms with E-state index in [9.17, 15) is 9.59 Å². The highest BCUT2D eigenvalue weighted by Gasteiger charge is 2.11. The number of carbonyl (C=O) groups excluding carboxylic acids is 1. The number of nitrogens with one attached hydrogen (secondary N) is 2. The zero-order chi connectivity index (χ0) is 17.1. The molecule has 0 fully saturated rings.